The van der Waals surface area contributed by atoms with Gasteiger partial charge in [-0.3, -0.25) is 4.79 Å². The number of carbonyl (C=O) groups is 1. The molecule has 2 heterocycles. The van der Waals surface area contributed by atoms with Crippen LogP contribution in [0.4, 0.5) is 5.82 Å². The van der Waals surface area contributed by atoms with Crippen LogP contribution < -0.4 is 4.90 Å². The van der Waals surface area contributed by atoms with Gasteiger partial charge in [0.25, 0.3) is 0 Å². The van der Waals surface area contributed by atoms with Gasteiger partial charge in [0.2, 0.25) is 0 Å². The lowest BCUT2D eigenvalue weighted by Gasteiger charge is -2.16. The first-order valence-electron chi connectivity index (χ1n) is 6.15. The van der Waals surface area contributed by atoms with Gasteiger partial charge in [0, 0.05) is 19.3 Å². The molecule has 0 spiro atoms. The SMILES string of the molecule is CCOC(=O)Cc1ccc(N2CCCC2)nc1. The van der Waals surface area contributed by atoms with Crippen molar-refractivity contribution in [3.63, 3.8) is 0 Å². The predicted molar refractivity (Wildman–Crippen MR) is 66.0 cm³/mol. The van der Waals surface area contributed by atoms with E-state index in [-0.39, 0.29) is 5.97 Å². The Labute approximate surface area is 102 Å². The molecule has 0 aromatic carbocycles. The molecule has 0 radical (unpaired) electrons. The molecule has 0 atom stereocenters. The van der Waals surface area contributed by atoms with Crippen molar-refractivity contribution < 1.29 is 9.53 Å². The third-order valence-corrected chi connectivity index (χ3v) is 2.89. The number of hydrogen-bond acceptors (Lipinski definition) is 4. The van der Waals surface area contributed by atoms with E-state index >= 15 is 0 Å². The minimum atomic E-state index is -0.191. The van der Waals surface area contributed by atoms with Crippen molar-refractivity contribution in [2.75, 3.05) is 24.6 Å². The normalized spacial score (nSPS) is 15.0. The molecule has 0 amide bonds. The number of esters is 1. The molecule has 1 saturated heterocycles. The van der Waals surface area contributed by atoms with Crippen LogP contribution in [0.3, 0.4) is 0 Å². The van der Waals surface area contributed by atoms with E-state index < -0.39 is 0 Å². The maximum Gasteiger partial charge on any atom is 0.310 e. The zero-order chi connectivity index (χ0) is 12.1. The van der Waals surface area contributed by atoms with E-state index in [0.717, 1.165) is 24.5 Å². The topological polar surface area (TPSA) is 42.4 Å². The average Bonchev–Trinajstić information content (AvgIpc) is 2.84. The second-order valence-corrected chi connectivity index (χ2v) is 4.20. The van der Waals surface area contributed by atoms with Gasteiger partial charge in [-0.05, 0) is 31.4 Å². The van der Waals surface area contributed by atoms with Crippen LogP contribution in [0, 0.1) is 0 Å². The van der Waals surface area contributed by atoms with Gasteiger partial charge in [0.15, 0.2) is 0 Å². The molecule has 1 aromatic heterocycles. The molecule has 0 N–H and O–H groups in total. The number of nitrogens with zero attached hydrogens (tertiary/aromatic N) is 2. The summed E-state index contributed by atoms with van der Waals surface area (Å²) >= 11 is 0. The summed E-state index contributed by atoms with van der Waals surface area (Å²) in [5.74, 6) is 0.818. The van der Waals surface area contributed by atoms with Gasteiger partial charge in [-0.15, -0.1) is 0 Å². The zero-order valence-corrected chi connectivity index (χ0v) is 10.2. The first kappa shape index (κ1) is 11.9. The fraction of sp³-hybridized carbons (Fsp3) is 0.538. The second kappa shape index (κ2) is 5.66. The Hall–Kier alpha value is -1.58. The predicted octanol–water partition coefficient (Wildman–Crippen LogP) is 1.79. The highest BCUT2D eigenvalue weighted by Crippen LogP contribution is 2.17. The van der Waals surface area contributed by atoms with Crippen molar-refractivity contribution in [1.82, 2.24) is 4.98 Å². The largest absolute Gasteiger partial charge is 0.466 e. The van der Waals surface area contributed by atoms with Gasteiger partial charge in [-0.2, -0.15) is 0 Å². The lowest BCUT2D eigenvalue weighted by molar-refractivity contribution is -0.142. The molecule has 1 aliphatic heterocycles. The minimum Gasteiger partial charge on any atom is -0.466 e. The van der Waals surface area contributed by atoms with E-state index in [4.69, 9.17) is 4.74 Å². The Bertz CT molecular complexity index is 370. The van der Waals surface area contributed by atoms with Crippen molar-refractivity contribution >= 4 is 11.8 Å². The summed E-state index contributed by atoms with van der Waals surface area (Å²) in [5, 5.41) is 0. The Morgan fingerprint density at radius 2 is 2.18 bits per heavy atom. The van der Waals surface area contributed by atoms with Gasteiger partial charge in [0.1, 0.15) is 5.82 Å². The van der Waals surface area contributed by atoms with Gasteiger partial charge in [-0.25, -0.2) is 4.98 Å². The number of anilines is 1. The van der Waals surface area contributed by atoms with Crippen molar-refractivity contribution in [2.45, 2.75) is 26.2 Å². The number of aromatic nitrogens is 1. The maximum absolute atomic E-state index is 11.3. The molecule has 0 unspecified atom stereocenters. The lowest BCUT2D eigenvalue weighted by Crippen LogP contribution is -2.18. The number of hydrogen-bond donors (Lipinski definition) is 0. The molecule has 1 aromatic rings. The summed E-state index contributed by atoms with van der Waals surface area (Å²) in [6, 6.07) is 3.94. The number of carbonyl (C=O) groups excluding carboxylic acids is 1. The van der Waals surface area contributed by atoms with E-state index in [1.54, 1.807) is 6.20 Å². The van der Waals surface area contributed by atoms with Crippen LogP contribution >= 0.6 is 0 Å². The summed E-state index contributed by atoms with van der Waals surface area (Å²) in [7, 11) is 0. The van der Waals surface area contributed by atoms with Crippen molar-refractivity contribution in [2.24, 2.45) is 0 Å². The van der Waals surface area contributed by atoms with Crippen LogP contribution in [-0.4, -0.2) is 30.6 Å². The van der Waals surface area contributed by atoms with Crippen LogP contribution in [-0.2, 0) is 16.0 Å². The highest BCUT2D eigenvalue weighted by molar-refractivity contribution is 5.72. The van der Waals surface area contributed by atoms with Crippen LogP contribution in [0.2, 0.25) is 0 Å². The van der Waals surface area contributed by atoms with Gasteiger partial charge in [-0.1, -0.05) is 6.07 Å². The third-order valence-electron chi connectivity index (χ3n) is 2.89. The first-order valence-corrected chi connectivity index (χ1v) is 6.15. The molecule has 92 valence electrons. The van der Waals surface area contributed by atoms with Crippen molar-refractivity contribution in [3.05, 3.63) is 23.9 Å². The summed E-state index contributed by atoms with van der Waals surface area (Å²) < 4.78 is 4.90. The first-order chi connectivity index (χ1) is 8.29. The Kier molecular flexibility index (Phi) is 3.96. The maximum atomic E-state index is 11.3. The molecule has 1 fully saturated rings. The highest BCUT2D eigenvalue weighted by atomic mass is 16.5. The quantitative estimate of drug-likeness (QED) is 0.745. The third kappa shape index (κ3) is 3.19. The van der Waals surface area contributed by atoms with Gasteiger partial charge < -0.3 is 9.64 Å². The smallest absolute Gasteiger partial charge is 0.310 e. The van der Waals surface area contributed by atoms with Crippen LogP contribution in [0.5, 0.6) is 0 Å². The van der Waals surface area contributed by atoms with E-state index in [9.17, 15) is 4.79 Å². The molecular formula is C13H18N2O2. The Balaban J connectivity index is 1.95. The van der Waals surface area contributed by atoms with Crippen LogP contribution in [0.25, 0.3) is 0 Å². The molecule has 0 saturated carbocycles. The molecule has 2 rings (SSSR count). The fourth-order valence-electron chi connectivity index (χ4n) is 2.03. The van der Waals surface area contributed by atoms with Crippen molar-refractivity contribution in [3.8, 4) is 0 Å². The van der Waals surface area contributed by atoms with E-state index in [2.05, 4.69) is 9.88 Å². The molecule has 0 aliphatic carbocycles. The molecular weight excluding hydrogens is 216 g/mol. The Morgan fingerprint density at radius 3 is 2.76 bits per heavy atom. The van der Waals surface area contributed by atoms with E-state index in [0.29, 0.717) is 13.0 Å². The summed E-state index contributed by atoms with van der Waals surface area (Å²) in [6.45, 7) is 4.42. The molecule has 4 nitrogen and oxygen atoms in total. The number of rotatable bonds is 4. The highest BCUT2D eigenvalue weighted by Gasteiger charge is 2.13. The molecule has 4 heteroatoms. The second-order valence-electron chi connectivity index (χ2n) is 4.20. The Morgan fingerprint density at radius 1 is 1.41 bits per heavy atom. The standard InChI is InChI=1S/C13H18N2O2/c1-2-17-13(16)9-11-5-6-12(14-10-11)15-7-3-4-8-15/h5-6,10H,2-4,7-9H2,1H3. The van der Waals surface area contributed by atoms with Crippen LogP contribution in [0.1, 0.15) is 25.3 Å². The fourth-order valence-corrected chi connectivity index (χ4v) is 2.03. The van der Waals surface area contributed by atoms with Gasteiger partial charge in [0.05, 0.1) is 13.0 Å². The summed E-state index contributed by atoms with van der Waals surface area (Å²) in [6.07, 6.45) is 4.56. The summed E-state index contributed by atoms with van der Waals surface area (Å²) in [5.41, 5.74) is 0.909. The number of ether oxygens (including phenoxy) is 1. The van der Waals surface area contributed by atoms with E-state index in [1.165, 1.54) is 12.8 Å². The molecule has 1 aliphatic rings. The summed E-state index contributed by atoms with van der Waals surface area (Å²) in [4.78, 5) is 18.0. The van der Waals surface area contributed by atoms with Gasteiger partial charge >= 0.3 is 5.97 Å². The van der Waals surface area contributed by atoms with E-state index in [1.807, 2.05) is 19.1 Å². The minimum absolute atomic E-state index is 0.191. The zero-order valence-electron chi connectivity index (χ0n) is 10.2. The number of pyridine rings is 1. The van der Waals surface area contributed by atoms with Crippen molar-refractivity contribution in [1.29, 1.82) is 0 Å². The average molecular weight is 234 g/mol. The lowest BCUT2D eigenvalue weighted by atomic mass is 10.2. The molecule has 0 bridgehead atoms. The molecule has 17 heavy (non-hydrogen) atoms. The monoisotopic (exact) mass is 234 g/mol. The van der Waals surface area contributed by atoms with Crippen LogP contribution in [0.15, 0.2) is 18.3 Å².